The number of nitrogens with one attached hydrogen (secondary N) is 1. The van der Waals surface area contributed by atoms with Crippen molar-refractivity contribution < 1.29 is 13.2 Å². The zero-order valence-electron chi connectivity index (χ0n) is 12.2. The predicted molar refractivity (Wildman–Crippen MR) is 84.6 cm³/mol. The SMILES string of the molecule is COCCC(C)NS(=O)(=O)c1ccc(N)c2ccccc12. The van der Waals surface area contributed by atoms with Gasteiger partial charge in [-0.3, -0.25) is 0 Å². The third-order valence-electron chi connectivity index (χ3n) is 3.32. The van der Waals surface area contributed by atoms with Crippen LogP contribution < -0.4 is 10.5 Å². The van der Waals surface area contributed by atoms with Crippen LogP contribution in [0.5, 0.6) is 0 Å². The number of fused-ring (bicyclic) bond motifs is 1. The Labute approximate surface area is 125 Å². The number of nitrogen functional groups attached to an aromatic ring is 1. The normalized spacial score (nSPS) is 13.4. The molecule has 1 atom stereocenters. The molecule has 0 heterocycles. The fourth-order valence-electron chi connectivity index (χ4n) is 2.21. The van der Waals surface area contributed by atoms with E-state index in [-0.39, 0.29) is 10.9 Å². The Morgan fingerprint density at radius 2 is 1.86 bits per heavy atom. The van der Waals surface area contributed by atoms with E-state index in [1.807, 2.05) is 19.1 Å². The minimum atomic E-state index is -3.59. The lowest BCUT2D eigenvalue weighted by atomic mass is 10.1. The van der Waals surface area contributed by atoms with E-state index in [4.69, 9.17) is 10.5 Å². The Morgan fingerprint density at radius 1 is 1.19 bits per heavy atom. The molecule has 0 amide bonds. The highest BCUT2D eigenvalue weighted by Crippen LogP contribution is 2.27. The lowest BCUT2D eigenvalue weighted by Gasteiger charge is -2.15. The number of hydrogen-bond acceptors (Lipinski definition) is 4. The van der Waals surface area contributed by atoms with Crippen LogP contribution in [0.25, 0.3) is 10.8 Å². The van der Waals surface area contributed by atoms with Gasteiger partial charge < -0.3 is 10.5 Å². The van der Waals surface area contributed by atoms with Crippen molar-refractivity contribution >= 4 is 26.5 Å². The minimum absolute atomic E-state index is 0.203. The van der Waals surface area contributed by atoms with Crippen molar-refractivity contribution in [2.24, 2.45) is 0 Å². The second-order valence-corrected chi connectivity index (χ2v) is 6.68. The Kier molecular flexibility index (Phi) is 4.82. The molecular formula is C15H20N2O3S. The molecule has 0 radical (unpaired) electrons. The molecule has 3 N–H and O–H groups in total. The quantitative estimate of drug-likeness (QED) is 0.801. The number of benzene rings is 2. The summed E-state index contributed by atoms with van der Waals surface area (Å²) in [6.45, 7) is 2.32. The van der Waals surface area contributed by atoms with Crippen molar-refractivity contribution in [3.05, 3.63) is 36.4 Å². The Hall–Kier alpha value is -1.63. The fourth-order valence-corrected chi connectivity index (χ4v) is 3.70. The van der Waals surface area contributed by atoms with Gasteiger partial charge in [0.15, 0.2) is 0 Å². The van der Waals surface area contributed by atoms with Crippen molar-refractivity contribution in [1.82, 2.24) is 4.72 Å². The van der Waals surface area contributed by atoms with Crippen LogP contribution in [0.4, 0.5) is 5.69 Å². The molecule has 2 aromatic rings. The van der Waals surface area contributed by atoms with Gasteiger partial charge in [-0.1, -0.05) is 24.3 Å². The third-order valence-corrected chi connectivity index (χ3v) is 4.97. The number of hydrogen-bond donors (Lipinski definition) is 2. The Bertz CT molecular complexity index is 729. The van der Waals surface area contributed by atoms with E-state index < -0.39 is 10.0 Å². The van der Waals surface area contributed by atoms with E-state index in [0.717, 1.165) is 5.39 Å². The van der Waals surface area contributed by atoms with E-state index in [1.54, 1.807) is 31.4 Å². The predicted octanol–water partition coefficient (Wildman–Crippen LogP) is 2.13. The summed E-state index contributed by atoms with van der Waals surface area (Å²) in [5.41, 5.74) is 6.47. The minimum Gasteiger partial charge on any atom is -0.398 e. The fraction of sp³-hybridized carbons (Fsp3) is 0.333. The summed E-state index contributed by atoms with van der Waals surface area (Å²) in [6, 6.07) is 10.2. The van der Waals surface area contributed by atoms with Gasteiger partial charge >= 0.3 is 0 Å². The van der Waals surface area contributed by atoms with E-state index in [0.29, 0.717) is 24.1 Å². The van der Waals surface area contributed by atoms with Crippen LogP contribution in [0.1, 0.15) is 13.3 Å². The molecule has 114 valence electrons. The zero-order valence-corrected chi connectivity index (χ0v) is 13.0. The summed E-state index contributed by atoms with van der Waals surface area (Å²) < 4.78 is 32.7. The molecule has 0 bridgehead atoms. The lowest BCUT2D eigenvalue weighted by Crippen LogP contribution is -2.33. The number of rotatable bonds is 6. The van der Waals surface area contributed by atoms with Gasteiger partial charge in [-0.25, -0.2) is 13.1 Å². The number of nitrogens with two attached hydrogens (primary N) is 1. The monoisotopic (exact) mass is 308 g/mol. The highest BCUT2D eigenvalue weighted by Gasteiger charge is 2.20. The average Bonchev–Trinajstić information content (AvgIpc) is 2.45. The molecular weight excluding hydrogens is 288 g/mol. The molecule has 0 fully saturated rings. The van der Waals surface area contributed by atoms with Gasteiger partial charge in [0.1, 0.15) is 0 Å². The molecule has 0 saturated carbocycles. The van der Waals surface area contributed by atoms with Crippen molar-refractivity contribution in [2.45, 2.75) is 24.3 Å². The second kappa shape index (κ2) is 6.43. The van der Waals surface area contributed by atoms with Crippen LogP contribution in [0.2, 0.25) is 0 Å². The van der Waals surface area contributed by atoms with E-state index in [1.165, 1.54) is 0 Å². The first-order chi connectivity index (χ1) is 9.95. The van der Waals surface area contributed by atoms with Crippen LogP contribution in [-0.2, 0) is 14.8 Å². The van der Waals surface area contributed by atoms with Crippen LogP contribution >= 0.6 is 0 Å². The molecule has 0 aliphatic heterocycles. The Balaban J connectivity index is 2.39. The molecule has 0 aliphatic carbocycles. The average molecular weight is 308 g/mol. The van der Waals surface area contributed by atoms with Gasteiger partial charge in [0.25, 0.3) is 0 Å². The molecule has 2 aromatic carbocycles. The molecule has 1 unspecified atom stereocenters. The van der Waals surface area contributed by atoms with Crippen LogP contribution in [0, 0.1) is 0 Å². The summed E-state index contributed by atoms with van der Waals surface area (Å²) in [4.78, 5) is 0.247. The summed E-state index contributed by atoms with van der Waals surface area (Å²) >= 11 is 0. The van der Waals surface area contributed by atoms with E-state index in [9.17, 15) is 8.42 Å². The summed E-state index contributed by atoms with van der Waals surface area (Å²) in [5.74, 6) is 0. The van der Waals surface area contributed by atoms with Crippen LogP contribution in [-0.4, -0.2) is 28.2 Å². The first-order valence-electron chi connectivity index (χ1n) is 6.74. The summed E-state index contributed by atoms with van der Waals surface area (Å²) in [5, 5.41) is 1.37. The van der Waals surface area contributed by atoms with Crippen molar-refractivity contribution in [3.8, 4) is 0 Å². The van der Waals surface area contributed by atoms with Crippen LogP contribution in [0.3, 0.4) is 0 Å². The zero-order chi connectivity index (χ0) is 15.5. The topological polar surface area (TPSA) is 81.4 Å². The number of anilines is 1. The highest BCUT2D eigenvalue weighted by atomic mass is 32.2. The van der Waals surface area contributed by atoms with E-state index >= 15 is 0 Å². The van der Waals surface area contributed by atoms with Gasteiger partial charge in [0.2, 0.25) is 10.0 Å². The first kappa shape index (κ1) is 15.8. The van der Waals surface area contributed by atoms with Crippen LogP contribution in [0.15, 0.2) is 41.3 Å². The van der Waals surface area contributed by atoms with E-state index in [2.05, 4.69) is 4.72 Å². The van der Waals surface area contributed by atoms with Gasteiger partial charge in [-0.15, -0.1) is 0 Å². The van der Waals surface area contributed by atoms with Gasteiger partial charge in [0, 0.05) is 36.2 Å². The number of methoxy groups -OCH3 is 1. The largest absolute Gasteiger partial charge is 0.398 e. The van der Waals surface area contributed by atoms with Crippen molar-refractivity contribution in [3.63, 3.8) is 0 Å². The molecule has 21 heavy (non-hydrogen) atoms. The maximum atomic E-state index is 12.5. The first-order valence-corrected chi connectivity index (χ1v) is 8.22. The highest BCUT2D eigenvalue weighted by molar-refractivity contribution is 7.89. The molecule has 0 saturated heterocycles. The lowest BCUT2D eigenvalue weighted by molar-refractivity contribution is 0.188. The molecule has 0 aromatic heterocycles. The van der Waals surface area contributed by atoms with Gasteiger partial charge in [0.05, 0.1) is 4.90 Å². The smallest absolute Gasteiger partial charge is 0.241 e. The second-order valence-electron chi connectivity index (χ2n) is 5.00. The number of ether oxygens (including phenoxy) is 1. The van der Waals surface area contributed by atoms with Crippen molar-refractivity contribution in [2.75, 3.05) is 19.5 Å². The molecule has 2 rings (SSSR count). The molecule has 0 spiro atoms. The summed E-state index contributed by atoms with van der Waals surface area (Å²) in [6.07, 6.45) is 0.614. The maximum absolute atomic E-state index is 12.5. The third kappa shape index (κ3) is 3.53. The molecule has 0 aliphatic rings. The van der Waals surface area contributed by atoms with Crippen molar-refractivity contribution in [1.29, 1.82) is 0 Å². The van der Waals surface area contributed by atoms with Gasteiger partial charge in [-0.2, -0.15) is 0 Å². The maximum Gasteiger partial charge on any atom is 0.241 e. The summed E-state index contributed by atoms with van der Waals surface area (Å²) in [7, 11) is -2.00. The van der Waals surface area contributed by atoms with Gasteiger partial charge in [-0.05, 0) is 25.5 Å². The number of sulfonamides is 1. The molecule has 6 heteroatoms. The standard InChI is InChI=1S/C15H20N2O3S/c1-11(9-10-20-2)17-21(18,19)15-8-7-14(16)12-5-3-4-6-13(12)15/h3-8,11,17H,9-10,16H2,1-2H3. The molecule has 5 nitrogen and oxygen atoms in total. The Morgan fingerprint density at radius 3 is 2.52 bits per heavy atom.